The van der Waals surface area contributed by atoms with Gasteiger partial charge < -0.3 is 4.74 Å². The minimum absolute atomic E-state index is 0.291. The SMILES string of the molecule is COC(=O)C=Cc1cn(Cc2ccccc2)nc1C(C)C. The van der Waals surface area contributed by atoms with Gasteiger partial charge in [-0.2, -0.15) is 5.10 Å². The number of carbonyl (C=O) groups excluding carboxylic acids is 1. The maximum atomic E-state index is 11.2. The lowest BCUT2D eigenvalue weighted by molar-refractivity contribution is -0.134. The average molecular weight is 284 g/mol. The molecule has 0 amide bonds. The van der Waals surface area contributed by atoms with Gasteiger partial charge in [-0.25, -0.2) is 4.79 Å². The Hall–Kier alpha value is -2.36. The molecule has 4 nitrogen and oxygen atoms in total. The molecule has 0 fully saturated rings. The van der Waals surface area contributed by atoms with E-state index in [-0.39, 0.29) is 5.97 Å². The van der Waals surface area contributed by atoms with Crippen molar-refractivity contribution < 1.29 is 9.53 Å². The van der Waals surface area contributed by atoms with E-state index in [9.17, 15) is 4.79 Å². The van der Waals surface area contributed by atoms with Crippen LogP contribution in [0.5, 0.6) is 0 Å². The molecule has 0 saturated heterocycles. The van der Waals surface area contributed by atoms with E-state index in [2.05, 4.69) is 35.8 Å². The molecule has 1 aromatic heterocycles. The number of aromatic nitrogens is 2. The molecule has 0 aliphatic rings. The van der Waals surface area contributed by atoms with Crippen LogP contribution in [0.25, 0.3) is 6.08 Å². The summed E-state index contributed by atoms with van der Waals surface area (Å²) in [6.45, 7) is 4.89. The molecule has 4 heteroatoms. The van der Waals surface area contributed by atoms with E-state index in [1.807, 2.05) is 29.1 Å². The second-order valence-electron chi connectivity index (χ2n) is 5.16. The number of benzene rings is 1. The normalized spacial score (nSPS) is 11.2. The molecular formula is C17H20N2O2. The van der Waals surface area contributed by atoms with Gasteiger partial charge in [-0.05, 0) is 17.6 Å². The molecule has 1 heterocycles. The topological polar surface area (TPSA) is 44.1 Å². The van der Waals surface area contributed by atoms with Crippen LogP contribution < -0.4 is 0 Å². The van der Waals surface area contributed by atoms with Crippen molar-refractivity contribution in [1.29, 1.82) is 0 Å². The Balaban J connectivity index is 2.24. The number of ether oxygens (including phenoxy) is 1. The Bertz CT molecular complexity index is 627. The van der Waals surface area contributed by atoms with Crippen LogP contribution in [0.4, 0.5) is 0 Å². The first kappa shape index (κ1) is 15.0. The number of esters is 1. The highest BCUT2D eigenvalue weighted by Gasteiger charge is 2.11. The molecule has 0 unspecified atom stereocenters. The summed E-state index contributed by atoms with van der Waals surface area (Å²) in [5.41, 5.74) is 3.12. The zero-order chi connectivity index (χ0) is 15.2. The predicted octanol–water partition coefficient (Wildman–Crippen LogP) is 3.24. The number of rotatable bonds is 5. The van der Waals surface area contributed by atoms with Crippen molar-refractivity contribution in [2.45, 2.75) is 26.3 Å². The van der Waals surface area contributed by atoms with Crippen molar-refractivity contribution in [2.24, 2.45) is 0 Å². The fourth-order valence-corrected chi connectivity index (χ4v) is 2.11. The van der Waals surface area contributed by atoms with Crippen LogP contribution in [-0.4, -0.2) is 22.9 Å². The van der Waals surface area contributed by atoms with E-state index < -0.39 is 0 Å². The third-order valence-corrected chi connectivity index (χ3v) is 3.15. The summed E-state index contributed by atoms with van der Waals surface area (Å²) < 4.78 is 6.53. The van der Waals surface area contributed by atoms with Crippen molar-refractivity contribution in [1.82, 2.24) is 9.78 Å². The number of hydrogen-bond donors (Lipinski definition) is 0. The Morgan fingerprint density at radius 3 is 2.67 bits per heavy atom. The van der Waals surface area contributed by atoms with Gasteiger partial charge >= 0.3 is 5.97 Å². The molecule has 1 aromatic carbocycles. The van der Waals surface area contributed by atoms with Crippen LogP contribution in [0.1, 0.15) is 36.6 Å². The molecule has 0 aliphatic heterocycles. The molecule has 0 aliphatic carbocycles. The molecule has 0 spiro atoms. The number of carbonyl (C=O) groups is 1. The van der Waals surface area contributed by atoms with Gasteiger partial charge in [0.05, 0.1) is 19.3 Å². The molecule has 0 atom stereocenters. The van der Waals surface area contributed by atoms with Gasteiger partial charge in [0.2, 0.25) is 0 Å². The molecule has 0 N–H and O–H groups in total. The molecule has 2 aromatic rings. The van der Waals surface area contributed by atoms with E-state index in [1.165, 1.54) is 18.7 Å². The van der Waals surface area contributed by atoms with Crippen LogP contribution in [0.2, 0.25) is 0 Å². The van der Waals surface area contributed by atoms with Gasteiger partial charge in [0.25, 0.3) is 0 Å². The predicted molar refractivity (Wildman–Crippen MR) is 82.9 cm³/mol. The van der Waals surface area contributed by atoms with E-state index >= 15 is 0 Å². The molecule has 21 heavy (non-hydrogen) atoms. The summed E-state index contributed by atoms with van der Waals surface area (Å²) in [6, 6.07) is 10.2. The van der Waals surface area contributed by atoms with Gasteiger partial charge in [-0.3, -0.25) is 4.68 Å². The summed E-state index contributed by atoms with van der Waals surface area (Å²) in [5, 5.41) is 4.62. The van der Waals surface area contributed by atoms with Crippen LogP contribution in [-0.2, 0) is 16.1 Å². The third kappa shape index (κ3) is 4.05. The van der Waals surface area contributed by atoms with Gasteiger partial charge in [-0.1, -0.05) is 44.2 Å². The van der Waals surface area contributed by atoms with Crippen LogP contribution in [0, 0.1) is 0 Å². The fraction of sp³-hybridized carbons (Fsp3) is 0.294. The maximum Gasteiger partial charge on any atom is 0.330 e. The highest BCUT2D eigenvalue weighted by atomic mass is 16.5. The van der Waals surface area contributed by atoms with Crippen LogP contribution in [0.15, 0.2) is 42.6 Å². The van der Waals surface area contributed by atoms with Crippen molar-refractivity contribution in [3.63, 3.8) is 0 Å². The zero-order valence-corrected chi connectivity index (χ0v) is 12.6. The van der Waals surface area contributed by atoms with E-state index in [0.29, 0.717) is 12.5 Å². The molecular weight excluding hydrogens is 264 g/mol. The summed E-state index contributed by atoms with van der Waals surface area (Å²) in [4.78, 5) is 11.2. The number of nitrogens with zero attached hydrogens (tertiary/aromatic N) is 2. The van der Waals surface area contributed by atoms with Crippen molar-refractivity contribution in [2.75, 3.05) is 7.11 Å². The standard InChI is InChI=1S/C17H20N2O2/c1-13(2)17-15(9-10-16(20)21-3)12-19(18-17)11-14-7-5-4-6-8-14/h4-10,12-13H,11H2,1-3H3. The van der Waals surface area contributed by atoms with Gasteiger partial charge in [0.1, 0.15) is 0 Å². The van der Waals surface area contributed by atoms with Crippen molar-refractivity contribution in [3.8, 4) is 0 Å². The Labute approximate surface area is 125 Å². The largest absolute Gasteiger partial charge is 0.466 e. The molecule has 0 bridgehead atoms. The smallest absolute Gasteiger partial charge is 0.330 e. The highest BCUT2D eigenvalue weighted by Crippen LogP contribution is 2.19. The minimum atomic E-state index is -0.361. The van der Waals surface area contributed by atoms with Crippen LogP contribution in [0.3, 0.4) is 0 Å². The molecule has 0 saturated carbocycles. The van der Waals surface area contributed by atoms with Gasteiger partial charge in [0, 0.05) is 17.8 Å². The lowest BCUT2D eigenvalue weighted by atomic mass is 10.1. The van der Waals surface area contributed by atoms with Crippen molar-refractivity contribution in [3.05, 3.63) is 59.4 Å². The monoisotopic (exact) mass is 284 g/mol. The first-order valence-electron chi connectivity index (χ1n) is 6.97. The lowest BCUT2D eigenvalue weighted by Crippen LogP contribution is -2.01. The zero-order valence-electron chi connectivity index (χ0n) is 12.6. The second kappa shape index (κ2) is 6.88. The highest BCUT2D eigenvalue weighted by molar-refractivity contribution is 5.87. The van der Waals surface area contributed by atoms with E-state index in [4.69, 9.17) is 0 Å². The summed E-state index contributed by atoms with van der Waals surface area (Å²) in [5.74, 6) is -0.0696. The minimum Gasteiger partial charge on any atom is -0.466 e. The Morgan fingerprint density at radius 1 is 1.33 bits per heavy atom. The maximum absolute atomic E-state index is 11.2. The first-order valence-corrected chi connectivity index (χ1v) is 6.97. The third-order valence-electron chi connectivity index (χ3n) is 3.15. The van der Waals surface area contributed by atoms with E-state index in [0.717, 1.165) is 11.3 Å². The lowest BCUT2D eigenvalue weighted by Gasteiger charge is -2.02. The molecule has 0 radical (unpaired) electrons. The summed E-state index contributed by atoms with van der Waals surface area (Å²) in [7, 11) is 1.37. The average Bonchev–Trinajstić information content (AvgIpc) is 2.89. The quantitative estimate of drug-likeness (QED) is 0.625. The first-order chi connectivity index (χ1) is 10.1. The number of methoxy groups -OCH3 is 1. The van der Waals surface area contributed by atoms with Crippen molar-refractivity contribution >= 4 is 12.0 Å². The van der Waals surface area contributed by atoms with Gasteiger partial charge in [0.15, 0.2) is 0 Å². The van der Waals surface area contributed by atoms with Gasteiger partial charge in [-0.15, -0.1) is 0 Å². The Morgan fingerprint density at radius 2 is 2.05 bits per heavy atom. The summed E-state index contributed by atoms with van der Waals surface area (Å²) in [6.07, 6.45) is 5.15. The molecule has 110 valence electrons. The number of hydrogen-bond acceptors (Lipinski definition) is 3. The summed E-state index contributed by atoms with van der Waals surface area (Å²) >= 11 is 0. The fourth-order valence-electron chi connectivity index (χ4n) is 2.11. The Kier molecular flexibility index (Phi) is 4.93. The molecule has 2 rings (SSSR count). The second-order valence-corrected chi connectivity index (χ2v) is 5.16. The van der Waals surface area contributed by atoms with Crippen LogP contribution >= 0.6 is 0 Å². The van der Waals surface area contributed by atoms with E-state index in [1.54, 1.807) is 6.08 Å².